The highest BCUT2D eigenvalue weighted by molar-refractivity contribution is 5.87. The van der Waals surface area contributed by atoms with Gasteiger partial charge in [0.2, 0.25) is 5.76 Å². The Bertz CT molecular complexity index is 743. The van der Waals surface area contributed by atoms with E-state index in [0.717, 1.165) is 13.8 Å². The van der Waals surface area contributed by atoms with E-state index in [1.54, 1.807) is 6.92 Å². The smallest absolute Gasteiger partial charge is 0.373 e. The lowest BCUT2D eigenvalue weighted by Gasteiger charge is -2.37. The summed E-state index contributed by atoms with van der Waals surface area (Å²) in [6, 6.07) is -0.705. The van der Waals surface area contributed by atoms with Crippen LogP contribution in [0, 0.1) is 0 Å². The lowest BCUT2D eigenvalue weighted by molar-refractivity contribution is -0.187. The van der Waals surface area contributed by atoms with Crippen LogP contribution in [0.2, 0.25) is 0 Å². The van der Waals surface area contributed by atoms with Crippen LogP contribution in [0.4, 0.5) is 0 Å². The molecule has 0 aromatic heterocycles. The summed E-state index contributed by atoms with van der Waals surface area (Å²) >= 11 is 0. The molecule has 0 fully saturated rings. The number of carbonyl (C=O) groups excluding carboxylic acids is 4. The molecule has 2 aliphatic heterocycles. The molecule has 3 unspecified atom stereocenters. The minimum absolute atomic E-state index is 0.171. The van der Waals surface area contributed by atoms with Gasteiger partial charge in [-0.25, -0.2) is 9.79 Å². The average molecular weight is 413 g/mol. The number of hydrogen-bond donors (Lipinski definition) is 0. The highest BCUT2D eigenvalue weighted by Crippen LogP contribution is 2.32. The lowest BCUT2D eigenvalue weighted by atomic mass is 9.94. The molecule has 11 heteroatoms. The van der Waals surface area contributed by atoms with Crippen molar-refractivity contribution in [1.29, 1.82) is 0 Å². The van der Waals surface area contributed by atoms with Crippen LogP contribution in [0.1, 0.15) is 27.7 Å². The first-order chi connectivity index (χ1) is 13.6. The van der Waals surface area contributed by atoms with Crippen molar-refractivity contribution in [3.05, 3.63) is 11.8 Å². The van der Waals surface area contributed by atoms with Gasteiger partial charge in [-0.3, -0.25) is 14.4 Å². The highest BCUT2D eigenvalue weighted by atomic mass is 16.6. The molecule has 0 spiro atoms. The number of esters is 4. The molecule has 160 valence electrons. The van der Waals surface area contributed by atoms with Crippen LogP contribution in [-0.4, -0.2) is 73.9 Å². The maximum Gasteiger partial charge on any atom is 0.373 e. The van der Waals surface area contributed by atoms with Gasteiger partial charge in [-0.1, -0.05) is 0 Å². The van der Waals surface area contributed by atoms with Crippen LogP contribution >= 0.6 is 0 Å². The fourth-order valence-electron chi connectivity index (χ4n) is 3.01. The Morgan fingerprint density at radius 2 is 1.72 bits per heavy atom. The van der Waals surface area contributed by atoms with E-state index in [9.17, 15) is 19.2 Å². The van der Waals surface area contributed by atoms with Crippen LogP contribution in [0.15, 0.2) is 16.8 Å². The molecule has 2 aliphatic rings. The minimum Gasteiger partial charge on any atom is -0.477 e. The zero-order valence-corrected chi connectivity index (χ0v) is 16.7. The van der Waals surface area contributed by atoms with Gasteiger partial charge in [-0.15, -0.1) is 0 Å². The van der Waals surface area contributed by atoms with Gasteiger partial charge >= 0.3 is 23.9 Å². The van der Waals surface area contributed by atoms with Crippen molar-refractivity contribution in [2.45, 2.75) is 58.2 Å². The molecule has 0 saturated carbocycles. The fourth-order valence-corrected chi connectivity index (χ4v) is 3.01. The first kappa shape index (κ1) is 22.2. The molecule has 0 bridgehead atoms. The largest absolute Gasteiger partial charge is 0.477 e. The van der Waals surface area contributed by atoms with Crippen molar-refractivity contribution in [2.24, 2.45) is 4.99 Å². The second-order valence-electron chi connectivity index (χ2n) is 6.35. The summed E-state index contributed by atoms with van der Waals surface area (Å²) in [6.07, 6.45) is -2.83. The zero-order valence-electron chi connectivity index (χ0n) is 16.7. The monoisotopic (exact) mass is 413 g/mol. The molecule has 0 aliphatic carbocycles. The molecule has 0 saturated heterocycles. The van der Waals surface area contributed by atoms with Gasteiger partial charge in [0, 0.05) is 33.8 Å². The lowest BCUT2D eigenvalue weighted by Crippen LogP contribution is -2.54. The van der Waals surface area contributed by atoms with Crippen LogP contribution in [0.5, 0.6) is 0 Å². The number of ether oxygens (including phenoxy) is 6. The van der Waals surface area contributed by atoms with Crippen molar-refractivity contribution in [3.8, 4) is 0 Å². The SMILES string of the molecule is COC(=O)C1=CC2OC(C)=NC2C([C@H](OC(C)=O)[C@@H](COC(C)=O)OC(C)=O)O1. The predicted octanol–water partition coefficient (Wildman–Crippen LogP) is 0.0544. The van der Waals surface area contributed by atoms with E-state index < -0.39 is 60.9 Å². The Labute approximate surface area is 166 Å². The standard InChI is InChI=1S/C18H23NO10/c1-8-19-15-12(26-8)6-13(18(23)24-5)29-17(15)16(28-11(4)22)14(27-10(3)21)7-25-9(2)20/h6,12,14-17H,7H2,1-5H3/t12?,14-,15?,16-,17?/m1/s1. The quantitative estimate of drug-likeness (QED) is 0.416. The average Bonchev–Trinajstić information content (AvgIpc) is 3.01. The summed E-state index contributed by atoms with van der Waals surface area (Å²) in [7, 11) is 1.18. The summed E-state index contributed by atoms with van der Waals surface area (Å²) < 4.78 is 31.5. The van der Waals surface area contributed by atoms with E-state index in [4.69, 9.17) is 28.4 Å². The first-order valence-electron chi connectivity index (χ1n) is 8.78. The number of hydrogen-bond acceptors (Lipinski definition) is 11. The Morgan fingerprint density at radius 1 is 1.07 bits per heavy atom. The fraction of sp³-hybridized carbons (Fsp3) is 0.611. The van der Waals surface area contributed by atoms with Crippen LogP contribution in [0.3, 0.4) is 0 Å². The Hall–Kier alpha value is -3.11. The maximum atomic E-state index is 12.0. The molecule has 0 amide bonds. The van der Waals surface area contributed by atoms with Gasteiger partial charge in [0.25, 0.3) is 0 Å². The van der Waals surface area contributed by atoms with E-state index in [1.807, 2.05) is 0 Å². The number of rotatable bonds is 7. The molecule has 11 nitrogen and oxygen atoms in total. The molecule has 0 aromatic carbocycles. The van der Waals surface area contributed by atoms with Gasteiger partial charge in [0.05, 0.1) is 7.11 Å². The van der Waals surface area contributed by atoms with Gasteiger partial charge in [-0.2, -0.15) is 0 Å². The van der Waals surface area contributed by atoms with Gasteiger partial charge in [-0.05, 0) is 0 Å². The first-order valence-corrected chi connectivity index (χ1v) is 8.78. The van der Waals surface area contributed by atoms with Crippen LogP contribution in [-0.2, 0) is 47.6 Å². The highest BCUT2D eigenvalue weighted by Gasteiger charge is 2.50. The van der Waals surface area contributed by atoms with Crippen molar-refractivity contribution >= 4 is 29.8 Å². The van der Waals surface area contributed by atoms with Crippen molar-refractivity contribution in [1.82, 2.24) is 0 Å². The Morgan fingerprint density at radius 3 is 2.28 bits per heavy atom. The molecule has 0 aromatic rings. The predicted molar refractivity (Wildman–Crippen MR) is 94.5 cm³/mol. The van der Waals surface area contributed by atoms with Crippen LogP contribution < -0.4 is 0 Å². The molecule has 2 heterocycles. The van der Waals surface area contributed by atoms with Crippen LogP contribution in [0.25, 0.3) is 0 Å². The van der Waals surface area contributed by atoms with Crippen molar-refractivity contribution < 1.29 is 47.6 Å². The Kier molecular flexibility index (Phi) is 7.18. The summed E-state index contributed by atoms with van der Waals surface area (Å²) in [5.41, 5.74) is 0. The number of methoxy groups -OCH3 is 1. The third-order valence-electron chi connectivity index (χ3n) is 4.04. The number of fused-ring (bicyclic) bond motifs is 1. The van der Waals surface area contributed by atoms with E-state index >= 15 is 0 Å². The number of nitrogens with zero attached hydrogens (tertiary/aromatic N) is 1. The topological polar surface area (TPSA) is 136 Å². The molecular weight excluding hydrogens is 390 g/mol. The maximum absolute atomic E-state index is 12.0. The zero-order chi connectivity index (χ0) is 21.7. The molecular formula is C18H23NO10. The molecule has 2 rings (SSSR count). The third kappa shape index (κ3) is 5.69. The van der Waals surface area contributed by atoms with E-state index in [1.165, 1.54) is 20.1 Å². The summed E-state index contributed by atoms with van der Waals surface area (Å²) in [5, 5.41) is 0. The number of aliphatic imine (C=N–C) groups is 1. The summed E-state index contributed by atoms with van der Waals surface area (Å²) in [6.45, 7) is 4.70. The second-order valence-corrected chi connectivity index (χ2v) is 6.35. The molecule has 5 atom stereocenters. The normalized spacial score (nSPS) is 24.4. The summed E-state index contributed by atoms with van der Waals surface area (Å²) in [5.74, 6) is -2.63. The van der Waals surface area contributed by atoms with Crippen molar-refractivity contribution in [3.63, 3.8) is 0 Å². The third-order valence-corrected chi connectivity index (χ3v) is 4.04. The summed E-state index contributed by atoms with van der Waals surface area (Å²) in [4.78, 5) is 50.9. The molecule has 29 heavy (non-hydrogen) atoms. The van der Waals surface area contributed by atoms with E-state index in [2.05, 4.69) is 4.99 Å². The molecule has 0 radical (unpaired) electrons. The van der Waals surface area contributed by atoms with Gasteiger partial charge in [0.1, 0.15) is 18.8 Å². The van der Waals surface area contributed by atoms with Crippen molar-refractivity contribution in [2.75, 3.05) is 13.7 Å². The Balaban J connectivity index is 2.42. The van der Waals surface area contributed by atoms with Gasteiger partial charge in [0.15, 0.2) is 24.2 Å². The minimum atomic E-state index is -1.25. The molecule has 0 N–H and O–H groups in total. The van der Waals surface area contributed by atoms with E-state index in [0.29, 0.717) is 5.90 Å². The van der Waals surface area contributed by atoms with Gasteiger partial charge < -0.3 is 28.4 Å². The van der Waals surface area contributed by atoms with E-state index in [-0.39, 0.29) is 5.76 Å². The number of carbonyl (C=O) groups is 4. The second kappa shape index (κ2) is 9.39.